The molecule has 5 heteroatoms. The Morgan fingerprint density at radius 2 is 2.05 bits per heavy atom. The number of benzene rings is 1. The predicted octanol–water partition coefficient (Wildman–Crippen LogP) is 2.87. The third-order valence-corrected chi connectivity index (χ3v) is 4.77. The highest BCUT2D eigenvalue weighted by Gasteiger charge is 2.36. The summed E-state index contributed by atoms with van der Waals surface area (Å²) in [4.78, 5) is 13.2. The van der Waals surface area contributed by atoms with Crippen molar-refractivity contribution in [3.8, 4) is 0 Å². The van der Waals surface area contributed by atoms with E-state index in [1.54, 1.807) is 19.2 Å². The molecular weight excluding hydrogens is 254 g/mol. The molecule has 0 spiro atoms. The van der Waals surface area contributed by atoms with Gasteiger partial charge in [0.1, 0.15) is 5.69 Å². The third-order valence-electron chi connectivity index (χ3n) is 4.77. The van der Waals surface area contributed by atoms with Gasteiger partial charge in [-0.1, -0.05) is 18.6 Å². The Bertz CT molecular complexity index is 506. The van der Waals surface area contributed by atoms with Crippen molar-refractivity contribution in [3.63, 3.8) is 0 Å². The number of likely N-dealkylation sites (tertiary alicyclic amines) is 1. The second kappa shape index (κ2) is 5.40. The number of nitro benzene ring substituents is 1. The Hall–Kier alpha value is -1.62. The summed E-state index contributed by atoms with van der Waals surface area (Å²) in [7, 11) is 1.75. The minimum atomic E-state index is -0.311. The van der Waals surface area contributed by atoms with Crippen molar-refractivity contribution in [2.75, 3.05) is 25.5 Å². The van der Waals surface area contributed by atoms with Crippen molar-refractivity contribution >= 4 is 11.4 Å². The lowest BCUT2D eigenvalue weighted by Crippen LogP contribution is -2.21. The van der Waals surface area contributed by atoms with E-state index in [1.807, 2.05) is 6.07 Å². The van der Waals surface area contributed by atoms with Crippen LogP contribution in [-0.4, -0.2) is 30.0 Å². The monoisotopic (exact) mass is 275 g/mol. The molecule has 0 bridgehead atoms. The summed E-state index contributed by atoms with van der Waals surface area (Å²) in [5, 5.41) is 14.1. The van der Waals surface area contributed by atoms with Crippen molar-refractivity contribution in [1.29, 1.82) is 0 Å². The first kappa shape index (κ1) is 13.4. The van der Waals surface area contributed by atoms with Gasteiger partial charge in [-0.25, -0.2) is 0 Å². The molecule has 0 amide bonds. The Labute approximate surface area is 119 Å². The number of rotatable bonds is 4. The summed E-state index contributed by atoms with van der Waals surface area (Å²) in [6.45, 7) is 3.11. The molecule has 1 heterocycles. The molecule has 108 valence electrons. The van der Waals surface area contributed by atoms with Crippen LogP contribution < -0.4 is 5.32 Å². The third kappa shape index (κ3) is 2.38. The fraction of sp³-hybridized carbons (Fsp3) is 0.600. The summed E-state index contributed by atoms with van der Waals surface area (Å²) in [6, 6.07) is 5.34. The van der Waals surface area contributed by atoms with E-state index >= 15 is 0 Å². The van der Waals surface area contributed by atoms with E-state index in [2.05, 4.69) is 10.2 Å². The second-order valence-electron chi connectivity index (χ2n) is 5.96. The number of fused-ring (bicyclic) bond motifs is 1. The Kier molecular flexibility index (Phi) is 3.61. The molecule has 5 nitrogen and oxygen atoms in total. The van der Waals surface area contributed by atoms with Crippen LogP contribution in [0.4, 0.5) is 11.4 Å². The zero-order chi connectivity index (χ0) is 14.1. The normalized spacial score (nSPS) is 25.6. The molecule has 2 fully saturated rings. The summed E-state index contributed by atoms with van der Waals surface area (Å²) in [5.41, 5.74) is 1.86. The molecule has 2 unspecified atom stereocenters. The summed E-state index contributed by atoms with van der Waals surface area (Å²) in [6.07, 6.45) is 4.09. The molecule has 1 aromatic rings. The first-order chi connectivity index (χ1) is 9.69. The van der Waals surface area contributed by atoms with Gasteiger partial charge in [0, 0.05) is 32.7 Å². The summed E-state index contributed by atoms with van der Waals surface area (Å²) >= 11 is 0. The highest BCUT2D eigenvalue weighted by molar-refractivity contribution is 5.66. The van der Waals surface area contributed by atoms with Crippen molar-refractivity contribution < 1.29 is 4.92 Å². The van der Waals surface area contributed by atoms with Crippen LogP contribution in [0.25, 0.3) is 0 Å². The van der Waals surface area contributed by atoms with Crippen LogP contribution in [0.1, 0.15) is 24.8 Å². The van der Waals surface area contributed by atoms with E-state index in [0.29, 0.717) is 5.69 Å². The first-order valence-corrected chi connectivity index (χ1v) is 7.35. The van der Waals surface area contributed by atoms with E-state index < -0.39 is 0 Å². The molecule has 1 N–H and O–H groups in total. The van der Waals surface area contributed by atoms with Crippen LogP contribution in [0.2, 0.25) is 0 Å². The van der Waals surface area contributed by atoms with Gasteiger partial charge in [0.05, 0.1) is 4.92 Å². The number of nitrogens with zero attached hydrogens (tertiary/aromatic N) is 2. The van der Waals surface area contributed by atoms with Gasteiger partial charge in [-0.05, 0) is 30.2 Å². The first-order valence-electron chi connectivity index (χ1n) is 7.35. The lowest BCUT2D eigenvalue weighted by Gasteiger charge is -2.18. The van der Waals surface area contributed by atoms with E-state index in [1.165, 1.54) is 19.3 Å². The summed E-state index contributed by atoms with van der Waals surface area (Å²) in [5.74, 6) is 1.71. The number of nitrogens with one attached hydrogen (secondary N) is 1. The van der Waals surface area contributed by atoms with Crippen molar-refractivity contribution in [2.45, 2.75) is 25.8 Å². The maximum Gasteiger partial charge on any atom is 0.292 e. The number of hydrogen-bond donors (Lipinski definition) is 1. The van der Waals surface area contributed by atoms with Gasteiger partial charge in [-0.3, -0.25) is 15.0 Å². The van der Waals surface area contributed by atoms with Gasteiger partial charge in [-0.15, -0.1) is 0 Å². The zero-order valence-corrected chi connectivity index (χ0v) is 11.8. The minimum absolute atomic E-state index is 0.171. The molecule has 20 heavy (non-hydrogen) atoms. The van der Waals surface area contributed by atoms with Gasteiger partial charge >= 0.3 is 0 Å². The number of nitro groups is 1. The van der Waals surface area contributed by atoms with E-state index in [4.69, 9.17) is 0 Å². The molecule has 0 aromatic heterocycles. The largest absolute Gasteiger partial charge is 0.382 e. The molecule has 3 rings (SSSR count). The van der Waals surface area contributed by atoms with Crippen molar-refractivity contribution in [3.05, 3.63) is 33.9 Å². The number of anilines is 1. The van der Waals surface area contributed by atoms with E-state index in [0.717, 1.165) is 37.0 Å². The van der Waals surface area contributed by atoms with Gasteiger partial charge in [-0.2, -0.15) is 0 Å². The minimum Gasteiger partial charge on any atom is -0.382 e. The molecule has 1 aromatic carbocycles. The molecule has 1 aliphatic carbocycles. The van der Waals surface area contributed by atoms with Crippen molar-refractivity contribution in [1.82, 2.24) is 4.90 Å². The molecular formula is C15H21N3O2. The summed E-state index contributed by atoms with van der Waals surface area (Å²) < 4.78 is 0. The van der Waals surface area contributed by atoms with E-state index in [9.17, 15) is 10.1 Å². The standard InChI is InChI=1S/C15H21N3O2/c1-16-15-13(6-3-7-14(15)18(19)20)10-17-8-11-4-2-5-12(11)9-17/h3,6-7,11-12,16H,2,4-5,8-10H2,1H3. The molecule has 0 radical (unpaired) electrons. The maximum atomic E-state index is 11.1. The van der Waals surface area contributed by atoms with Gasteiger partial charge < -0.3 is 5.32 Å². The lowest BCUT2D eigenvalue weighted by atomic mass is 10.0. The van der Waals surface area contributed by atoms with Crippen LogP contribution in [0, 0.1) is 22.0 Å². The van der Waals surface area contributed by atoms with Gasteiger partial charge in [0.15, 0.2) is 0 Å². The van der Waals surface area contributed by atoms with Crippen LogP contribution in [-0.2, 0) is 6.54 Å². The van der Waals surface area contributed by atoms with Crippen LogP contribution in [0.15, 0.2) is 18.2 Å². The van der Waals surface area contributed by atoms with Crippen LogP contribution in [0.3, 0.4) is 0 Å². The maximum absolute atomic E-state index is 11.1. The fourth-order valence-electron chi connectivity index (χ4n) is 3.86. The highest BCUT2D eigenvalue weighted by atomic mass is 16.6. The zero-order valence-electron chi connectivity index (χ0n) is 11.8. The number of para-hydroxylation sites is 1. The second-order valence-corrected chi connectivity index (χ2v) is 5.96. The van der Waals surface area contributed by atoms with E-state index in [-0.39, 0.29) is 10.6 Å². The highest BCUT2D eigenvalue weighted by Crippen LogP contribution is 2.39. The molecule has 1 aliphatic heterocycles. The smallest absolute Gasteiger partial charge is 0.292 e. The molecule has 1 saturated carbocycles. The Morgan fingerprint density at radius 3 is 2.65 bits per heavy atom. The average Bonchev–Trinajstić information content (AvgIpc) is 2.99. The molecule has 1 saturated heterocycles. The Morgan fingerprint density at radius 1 is 1.35 bits per heavy atom. The van der Waals surface area contributed by atoms with Crippen molar-refractivity contribution in [2.24, 2.45) is 11.8 Å². The van der Waals surface area contributed by atoms with Crippen LogP contribution in [0.5, 0.6) is 0 Å². The average molecular weight is 275 g/mol. The Balaban J connectivity index is 1.77. The lowest BCUT2D eigenvalue weighted by molar-refractivity contribution is -0.384. The van der Waals surface area contributed by atoms with Crippen LogP contribution >= 0.6 is 0 Å². The predicted molar refractivity (Wildman–Crippen MR) is 78.8 cm³/mol. The van der Waals surface area contributed by atoms with Gasteiger partial charge in [0.25, 0.3) is 5.69 Å². The number of hydrogen-bond acceptors (Lipinski definition) is 4. The molecule has 2 aliphatic rings. The topological polar surface area (TPSA) is 58.4 Å². The fourth-order valence-corrected chi connectivity index (χ4v) is 3.86. The van der Waals surface area contributed by atoms with Gasteiger partial charge in [0.2, 0.25) is 0 Å². The quantitative estimate of drug-likeness (QED) is 0.678. The SMILES string of the molecule is CNc1c(CN2CC3CCCC3C2)cccc1[N+](=O)[O-]. The molecule has 2 atom stereocenters.